The molecule has 0 radical (unpaired) electrons. The maximum atomic E-state index is 5.84. The molecule has 1 unspecified atom stereocenters. The molecule has 0 amide bonds. The lowest BCUT2D eigenvalue weighted by Crippen LogP contribution is -2.11. The van der Waals surface area contributed by atoms with E-state index >= 15 is 0 Å². The largest absolute Gasteiger partial charge is 0.383 e. The fourth-order valence-electron chi connectivity index (χ4n) is 1.20. The van der Waals surface area contributed by atoms with Crippen LogP contribution in [-0.4, -0.2) is 14.8 Å². The van der Waals surface area contributed by atoms with E-state index in [-0.39, 0.29) is 6.04 Å². The van der Waals surface area contributed by atoms with E-state index < -0.39 is 0 Å². The maximum absolute atomic E-state index is 5.84. The summed E-state index contributed by atoms with van der Waals surface area (Å²) >= 11 is 4.92. The summed E-state index contributed by atoms with van der Waals surface area (Å²) in [5.41, 5.74) is 5.84. The van der Waals surface area contributed by atoms with Gasteiger partial charge in [-0.25, -0.2) is 9.67 Å². The number of nitrogens with two attached hydrogens (primary N) is 1. The quantitative estimate of drug-likeness (QED) is 0.913. The first-order chi connectivity index (χ1) is 6.70. The number of hydrogen-bond donors (Lipinski definition) is 1. The number of hydrogen-bond acceptors (Lipinski definition) is 4. The second-order valence-electron chi connectivity index (χ2n) is 2.87. The molecule has 2 N–H and O–H groups in total. The first-order valence-electron chi connectivity index (χ1n) is 4.08. The predicted molar refractivity (Wildman–Crippen MR) is 60.3 cm³/mol. The minimum absolute atomic E-state index is 0.0845. The Morgan fingerprint density at radius 3 is 2.93 bits per heavy atom. The second kappa shape index (κ2) is 3.70. The van der Waals surface area contributed by atoms with Gasteiger partial charge in [-0.3, -0.25) is 0 Å². The maximum Gasteiger partial charge on any atom is 0.136 e. The zero-order valence-electron chi connectivity index (χ0n) is 7.51. The van der Waals surface area contributed by atoms with Crippen LogP contribution in [0.4, 0.5) is 5.82 Å². The van der Waals surface area contributed by atoms with Crippen LogP contribution in [0, 0.1) is 0 Å². The SMILES string of the molecule is CC(c1nccs1)n1ncc(Br)c1N. The zero-order chi connectivity index (χ0) is 10.1. The van der Waals surface area contributed by atoms with Crippen LogP contribution in [0.5, 0.6) is 0 Å². The van der Waals surface area contributed by atoms with Crippen LogP contribution in [0.25, 0.3) is 0 Å². The van der Waals surface area contributed by atoms with Crippen LogP contribution in [0.15, 0.2) is 22.2 Å². The number of aromatic nitrogens is 3. The molecule has 2 aromatic heterocycles. The summed E-state index contributed by atoms with van der Waals surface area (Å²) in [6, 6.07) is 0.0845. The van der Waals surface area contributed by atoms with E-state index in [0.717, 1.165) is 9.48 Å². The number of rotatable bonds is 2. The van der Waals surface area contributed by atoms with Gasteiger partial charge in [0.2, 0.25) is 0 Å². The molecule has 0 fully saturated rings. The fraction of sp³-hybridized carbons (Fsp3) is 0.250. The normalized spacial score (nSPS) is 13.0. The van der Waals surface area contributed by atoms with Crippen LogP contribution in [-0.2, 0) is 0 Å². The minimum atomic E-state index is 0.0845. The molecule has 0 bridgehead atoms. The Bertz CT molecular complexity index is 422. The summed E-state index contributed by atoms with van der Waals surface area (Å²) in [5, 5.41) is 7.13. The van der Waals surface area contributed by atoms with E-state index in [0.29, 0.717) is 5.82 Å². The van der Waals surface area contributed by atoms with Crippen molar-refractivity contribution in [2.24, 2.45) is 0 Å². The van der Waals surface area contributed by atoms with Crippen molar-refractivity contribution in [3.05, 3.63) is 27.3 Å². The summed E-state index contributed by atoms with van der Waals surface area (Å²) in [5.74, 6) is 0.632. The molecule has 1 atom stereocenters. The van der Waals surface area contributed by atoms with Crippen LogP contribution in [0.1, 0.15) is 18.0 Å². The van der Waals surface area contributed by atoms with Crippen molar-refractivity contribution in [3.63, 3.8) is 0 Å². The van der Waals surface area contributed by atoms with Crippen LogP contribution < -0.4 is 5.73 Å². The smallest absolute Gasteiger partial charge is 0.136 e. The van der Waals surface area contributed by atoms with Crippen molar-refractivity contribution in [3.8, 4) is 0 Å². The van der Waals surface area contributed by atoms with Gasteiger partial charge in [0, 0.05) is 11.6 Å². The van der Waals surface area contributed by atoms with Gasteiger partial charge in [0.1, 0.15) is 16.9 Å². The second-order valence-corrected chi connectivity index (χ2v) is 4.65. The highest BCUT2D eigenvalue weighted by Crippen LogP contribution is 2.26. The first kappa shape index (κ1) is 9.67. The average Bonchev–Trinajstić information content (AvgIpc) is 2.77. The van der Waals surface area contributed by atoms with Crippen molar-refractivity contribution < 1.29 is 0 Å². The lowest BCUT2D eigenvalue weighted by molar-refractivity contribution is 0.570. The van der Waals surface area contributed by atoms with E-state index in [1.54, 1.807) is 28.4 Å². The molecule has 2 rings (SSSR count). The van der Waals surface area contributed by atoms with Gasteiger partial charge in [-0.1, -0.05) is 0 Å². The highest BCUT2D eigenvalue weighted by molar-refractivity contribution is 9.10. The van der Waals surface area contributed by atoms with Crippen LogP contribution >= 0.6 is 27.3 Å². The molecular formula is C8H9BrN4S. The summed E-state index contributed by atoms with van der Waals surface area (Å²) < 4.78 is 2.57. The molecule has 6 heteroatoms. The molecule has 14 heavy (non-hydrogen) atoms. The third kappa shape index (κ3) is 1.55. The molecule has 2 aromatic rings. The Morgan fingerprint density at radius 1 is 1.64 bits per heavy atom. The van der Waals surface area contributed by atoms with Gasteiger partial charge in [-0.05, 0) is 22.9 Å². The van der Waals surface area contributed by atoms with Gasteiger partial charge in [0.05, 0.1) is 10.7 Å². The number of thiazole rings is 1. The van der Waals surface area contributed by atoms with Crippen LogP contribution in [0.3, 0.4) is 0 Å². The van der Waals surface area contributed by atoms with E-state index in [9.17, 15) is 0 Å². The summed E-state index contributed by atoms with van der Waals surface area (Å²) in [4.78, 5) is 4.23. The molecule has 0 aliphatic heterocycles. The zero-order valence-corrected chi connectivity index (χ0v) is 9.92. The highest BCUT2D eigenvalue weighted by Gasteiger charge is 2.15. The predicted octanol–water partition coefficient (Wildman–Crippen LogP) is 2.29. The van der Waals surface area contributed by atoms with Crippen molar-refractivity contribution in [2.45, 2.75) is 13.0 Å². The van der Waals surface area contributed by atoms with Gasteiger partial charge in [0.15, 0.2) is 0 Å². The Labute approximate surface area is 93.9 Å². The standard InChI is InChI=1S/C8H9BrN4S/c1-5(8-11-2-3-14-8)13-7(10)6(9)4-12-13/h2-5H,10H2,1H3. The van der Waals surface area contributed by atoms with Gasteiger partial charge in [-0.15, -0.1) is 11.3 Å². The Morgan fingerprint density at radius 2 is 2.43 bits per heavy atom. The number of nitrogen functional groups attached to an aromatic ring is 1. The molecule has 4 nitrogen and oxygen atoms in total. The molecule has 0 saturated carbocycles. The molecule has 0 aromatic carbocycles. The molecule has 74 valence electrons. The third-order valence-corrected chi connectivity index (χ3v) is 3.52. The van der Waals surface area contributed by atoms with Gasteiger partial charge in [0.25, 0.3) is 0 Å². The van der Waals surface area contributed by atoms with E-state index in [1.165, 1.54) is 0 Å². The minimum Gasteiger partial charge on any atom is -0.383 e. The van der Waals surface area contributed by atoms with Gasteiger partial charge in [-0.2, -0.15) is 5.10 Å². The van der Waals surface area contributed by atoms with Crippen LogP contribution in [0.2, 0.25) is 0 Å². The average molecular weight is 273 g/mol. The molecule has 0 aliphatic carbocycles. The van der Waals surface area contributed by atoms with Crippen molar-refractivity contribution in [1.29, 1.82) is 0 Å². The number of nitrogens with zero attached hydrogens (tertiary/aromatic N) is 3. The van der Waals surface area contributed by atoms with E-state index in [4.69, 9.17) is 5.73 Å². The number of halogens is 1. The summed E-state index contributed by atoms with van der Waals surface area (Å²) in [7, 11) is 0. The van der Waals surface area contributed by atoms with Crippen molar-refractivity contribution >= 4 is 33.1 Å². The molecule has 0 aliphatic rings. The topological polar surface area (TPSA) is 56.7 Å². The molecule has 0 saturated heterocycles. The van der Waals surface area contributed by atoms with Crippen molar-refractivity contribution in [1.82, 2.24) is 14.8 Å². The molecule has 0 spiro atoms. The first-order valence-corrected chi connectivity index (χ1v) is 5.75. The lowest BCUT2D eigenvalue weighted by atomic mass is 10.3. The van der Waals surface area contributed by atoms with Gasteiger partial charge < -0.3 is 5.73 Å². The number of anilines is 1. The Balaban J connectivity index is 2.36. The fourth-order valence-corrected chi connectivity index (χ4v) is 2.16. The van der Waals surface area contributed by atoms with Gasteiger partial charge >= 0.3 is 0 Å². The molecule has 2 heterocycles. The lowest BCUT2D eigenvalue weighted by Gasteiger charge is -2.10. The summed E-state index contributed by atoms with van der Waals surface area (Å²) in [6.07, 6.45) is 3.48. The third-order valence-electron chi connectivity index (χ3n) is 1.96. The Kier molecular flexibility index (Phi) is 2.56. The summed E-state index contributed by atoms with van der Waals surface area (Å²) in [6.45, 7) is 2.02. The molecular weight excluding hydrogens is 264 g/mol. The Hall–Kier alpha value is -0.880. The van der Waals surface area contributed by atoms with E-state index in [1.807, 2.05) is 12.3 Å². The monoisotopic (exact) mass is 272 g/mol. The highest BCUT2D eigenvalue weighted by atomic mass is 79.9. The van der Waals surface area contributed by atoms with Crippen molar-refractivity contribution in [2.75, 3.05) is 5.73 Å². The van der Waals surface area contributed by atoms with E-state index in [2.05, 4.69) is 26.0 Å².